The van der Waals surface area contributed by atoms with E-state index in [4.69, 9.17) is 23.2 Å². The van der Waals surface area contributed by atoms with Crippen LogP contribution in [-0.2, 0) is 10.0 Å². The van der Waals surface area contributed by atoms with E-state index in [1.54, 1.807) is 55.7 Å². The third-order valence-corrected chi connectivity index (χ3v) is 6.13. The molecule has 1 atom stereocenters. The normalized spacial score (nSPS) is 12.9. The number of nitrogens with one attached hydrogen (secondary N) is 2. The first kappa shape index (κ1) is 19.9. The number of nitrogens with zero attached hydrogens (tertiary/aromatic N) is 1. The van der Waals surface area contributed by atoms with Gasteiger partial charge in [-0.25, -0.2) is 18.1 Å². The van der Waals surface area contributed by atoms with Crippen LogP contribution >= 0.6 is 23.2 Å². The number of aromatic amines is 1. The molecule has 0 saturated carbocycles. The highest BCUT2D eigenvalue weighted by molar-refractivity contribution is 7.89. The molecule has 3 aromatic rings. The van der Waals surface area contributed by atoms with Crippen molar-refractivity contribution < 1.29 is 13.5 Å². The summed E-state index contributed by atoms with van der Waals surface area (Å²) < 4.78 is 28.2. The topological polar surface area (TPSA) is 95.1 Å². The number of hydrogen-bond acceptors (Lipinski definition) is 4. The van der Waals surface area contributed by atoms with Crippen molar-refractivity contribution in [2.45, 2.75) is 18.0 Å². The van der Waals surface area contributed by atoms with E-state index in [1.807, 2.05) is 0 Å². The fourth-order valence-electron chi connectivity index (χ4n) is 2.81. The van der Waals surface area contributed by atoms with Gasteiger partial charge >= 0.3 is 0 Å². The highest BCUT2D eigenvalue weighted by Crippen LogP contribution is 2.29. The Balaban J connectivity index is 1.93. The molecule has 0 aliphatic rings. The molecule has 9 heteroatoms. The number of aliphatic hydroxyl groups excluding tert-OH is 1. The number of hydrogen-bond donors (Lipinski definition) is 3. The van der Waals surface area contributed by atoms with Crippen LogP contribution in [-0.4, -0.2) is 30.1 Å². The van der Waals surface area contributed by atoms with Crippen LogP contribution in [0.25, 0.3) is 11.1 Å². The molecule has 6 nitrogen and oxygen atoms in total. The maximum Gasteiger partial charge on any atom is 0.256 e. The summed E-state index contributed by atoms with van der Waals surface area (Å²) in [5.41, 5.74) is 2.55. The average molecular weight is 426 g/mol. The zero-order valence-electron chi connectivity index (χ0n) is 14.3. The molecule has 0 radical (unpaired) electrons. The van der Waals surface area contributed by atoms with Gasteiger partial charge < -0.3 is 10.1 Å². The van der Waals surface area contributed by atoms with Gasteiger partial charge in [-0.1, -0.05) is 35.3 Å². The quantitative estimate of drug-likeness (QED) is 0.524. The SMILES string of the molecule is Cc1c(-c2ccnc(Cl)c2)c[nH]c1S(=O)(=O)N[C@H](CO)c1cccc(Cl)c1. The van der Waals surface area contributed by atoms with E-state index in [-0.39, 0.29) is 5.03 Å². The summed E-state index contributed by atoms with van der Waals surface area (Å²) in [5.74, 6) is 0. The summed E-state index contributed by atoms with van der Waals surface area (Å²) in [6.45, 7) is 1.29. The molecule has 0 aliphatic heterocycles. The molecular weight excluding hydrogens is 409 g/mol. The Kier molecular flexibility index (Phi) is 5.88. The second kappa shape index (κ2) is 8.00. The van der Waals surface area contributed by atoms with Gasteiger partial charge in [0.05, 0.1) is 12.6 Å². The molecule has 0 fully saturated rings. The maximum absolute atomic E-state index is 12.9. The van der Waals surface area contributed by atoms with E-state index in [0.29, 0.717) is 26.9 Å². The molecule has 2 aromatic heterocycles. The molecular formula is C18H17Cl2N3O3S. The van der Waals surface area contributed by atoms with Crippen LogP contribution in [0.5, 0.6) is 0 Å². The molecule has 0 aliphatic carbocycles. The van der Waals surface area contributed by atoms with Crippen LogP contribution in [0.2, 0.25) is 10.2 Å². The minimum Gasteiger partial charge on any atom is -0.394 e. The first-order valence-electron chi connectivity index (χ1n) is 8.00. The summed E-state index contributed by atoms with van der Waals surface area (Å²) >= 11 is 11.9. The van der Waals surface area contributed by atoms with Gasteiger partial charge in [0.1, 0.15) is 5.15 Å². The molecule has 1 aromatic carbocycles. The molecule has 27 heavy (non-hydrogen) atoms. The highest BCUT2D eigenvalue weighted by atomic mass is 35.5. The van der Waals surface area contributed by atoms with Crippen molar-refractivity contribution in [2.75, 3.05) is 6.61 Å². The van der Waals surface area contributed by atoms with Crippen molar-refractivity contribution in [1.29, 1.82) is 0 Å². The molecule has 3 N–H and O–H groups in total. The predicted molar refractivity (Wildman–Crippen MR) is 105 cm³/mol. The van der Waals surface area contributed by atoms with Gasteiger partial charge in [-0.3, -0.25) is 0 Å². The third kappa shape index (κ3) is 4.34. The van der Waals surface area contributed by atoms with Crippen LogP contribution in [0.3, 0.4) is 0 Å². The highest BCUT2D eigenvalue weighted by Gasteiger charge is 2.25. The number of aromatic nitrogens is 2. The molecule has 2 heterocycles. The number of rotatable bonds is 6. The number of H-pyrrole nitrogens is 1. The van der Waals surface area contributed by atoms with Crippen molar-refractivity contribution in [3.63, 3.8) is 0 Å². The zero-order chi connectivity index (χ0) is 19.6. The monoisotopic (exact) mass is 425 g/mol. The number of aliphatic hydroxyl groups is 1. The molecule has 0 saturated heterocycles. The van der Waals surface area contributed by atoms with E-state index in [0.717, 1.165) is 5.56 Å². The summed E-state index contributed by atoms with van der Waals surface area (Å²) in [4.78, 5) is 6.73. The number of halogens is 2. The van der Waals surface area contributed by atoms with Crippen molar-refractivity contribution >= 4 is 33.2 Å². The smallest absolute Gasteiger partial charge is 0.256 e. The number of pyridine rings is 1. The minimum absolute atomic E-state index is 0.0194. The minimum atomic E-state index is -3.92. The van der Waals surface area contributed by atoms with E-state index in [2.05, 4.69) is 14.7 Å². The maximum atomic E-state index is 12.9. The zero-order valence-corrected chi connectivity index (χ0v) is 16.6. The molecule has 0 spiro atoms. The van der Waals surface area contributed by atoms with E-state index in [1.165, 1.54) is 0 Å². The van der Waals surface area contributed by atoms with Crippen LogP contribution < -0.4 is 4.72 Å². The summed E-state index contributed by atoms with van der Waals surface area (Å²) in [6, 6.07) is 9.25. The van der Waals surface area contributed by atoms with Crippen molar-refractivity contribution in [3.8, 4) is 11.1 Å². The lowest BCUT2D eigenvalue weighted by Gasteiger charge is -2.17. The fourth-order valence-corrected chi connectivity index (χ4v) is 4.61. The van der Waals surface area contributed by atoms with Crippen molar-refractivity contribution in [2.24, 2.45) is 0 Å². The lowest BCUT2D eigenvalue weighted by atomic mass is 10.1. The Labute approximate surface area is 167 Å². The molecule has 3 rings (SSSR count). The number of benzene rings is 1. The standard InChI is InChI=1S/C18H17Cl2N3O3S/c1-11-15(12-5-6-21-17(20)8-12)9-22-18(11)27(25,26)23-16(10-24)13-3-2-4-14(19)7-13/h2-9,16,22-24H,10H2,1H3/t16-/m1/s1. The van der Waals surface area contributed by atoms with E-state index < -0.39 is 22.7 Å². The molecule has 142 valence electrons. The van der Waals surface area contributed by atoms with Gasteiger partial charge in [0.25, 0.3) is 10.0 Å². The Morgan fingerprint density at radius 2 is 2.04 bits per heavy atom. The second-order valence-corrected chi connectivity index (χ2v) is 8.41. The lowest BCUT2D eigenvalue weighted by molar-refractivity contribution is 0.259. The Morgan fingerprint density at radius 1 is 1.26 bits per heavy atom. The van der Waals surface area contributed by atoms with Crippen molar-refractivity contribution in [3.05, 3.63) is 70.1 Å². The van der Waals surface area contributed by atoms with Gasteiger partial charge in [-0.15, -0.1) is 0 Å². The van der Waals surface area contributed by atoms with Gasteiger partial charge in [-0.05, 0) is 47.9 Å². The van der Waals surface area contributed by atoms with Crippen molar-refractivity contribution in [1.82, 2.24) is 14.7 Å². The fraction of sp³-hybridized carbons (Fsp3) is 0.167. The molecule has 0 unspecified atom stereocenters. The molecule has 0 amide bonds. The first-order chi connectivity index (χ1) is 12.8. The Bertz CT molecular complexity index is 1070. The third-order valence-electron chi connectivity index (χ3n) is 4.13. The summed E-state index contributed by atoms with van der Waals surface area (Å²) in [5, 5.41) is 10.5. The predicted octanol–water partition coefficient (Wildman–Crippen LogP) is 3.70. The van der Waals surface area contributed by atoms with Gasteiger partial charge in [-0.2, -0.15) is 0 Å². The first-order valence-corrected chi connectivity index (χ1v) is 10.2. The lowest BCUT2D eigenvalue weighted by Crippen LogP contribution is -2.31. The summed E-state index contributed by atoms with van der Waals surface area (Å²) in [6.07, 6.45) is 3.15. The second-order valence-electron chi connectivity index (χ2n) is 5.94. The van der Waals surface area contributed by atoms with E-state index in [9.17, 15) is 13.5 Å². The van der Waals surface area contributed by atoms with Crippen LogP contribution in [0, 0.1) is 6.92 Å². The largest absolute Gasteiger partial charge is 0.394 e. The Hall–Kier alpha value is -1.90. The summed E-state index contributed by atoms with van der Waals surface area (Å²) in [7, 11) is -3.92. The number of sulfonamides is 1. The van der Waals surface area contributed by atoms with Crippen LogP contribution in [0.15, 0.2) is 53.8 Å². The van der Waals surface area contributed by atoms with Crippen LogP contribution in [0.1, 0.15) is 17.2 Å². The molecule has 0 bridgehead atoms. The van der Waals surface area contributed by atoms with Gasteiger partial charge in [0, 0.05) is 23.0 Å². The average Bonchev–Trinajstić information content (AvgIpc) is 3.02. The van der Waals surface area contributed by atoms with Crippen LogP contribution in [0.4, 0.5) is 0 Å². The van der Waals surface area contributed by atoms with Gasteiger partial charge in [0.2, 0.25) is 0 Å². The van der Waals surface area contributed by atoms with E-state index >= 15 is 0 Å². The van der Waals surface area contributed by atoms with Gasteiger partial charge in [0.15, 0.2) is 5.03 Å². The Morgan fingerprint density at radius 3 is 2.70 bits per heavy atom.